The molecule has 0 radical (unpaired) electrons. The number of carbonyl (C=O) groups is 3. The average Bonchev–Trinajstić information content (AvgIpc) is 2.27. The molecular weight excluding hydrogens is 228 g/mol. The third-order valence-electron chi connectivity index (χ3n) is 2.68. The monoisotopic (exact) mass is 244 g/mol. The second-order valence-electron chi connectivity index (χ2n) is 3.99. The molecule has 0 aromatic rings. The van der Waals surface area contributed by atoms with Crippen LogP contribution in [0.2, 0.25) is 0 Å². The summed E-state index contributed by atoms with van der Waals surface area (Å²) in [5, 5.41) is 19.6. The van der Waals surface area contributed by atoms with Crippen molar-refractivity contribution in [2.24, 2.45) is 0 Å². The summed E-state index contributed by atoms with van der Waals surface area (Å²) in [7, 11) is 0. The summed E-state index contributed by atoms with van der Waals surface area (Å²) in [6, 6.07) is -0.640. The highest BCUT2D eigenvalue weighted by atomic mass is 16.4. The molecule has 1 rings (SSSR count). The fraction of sp³-hybridized carbons (Fsp3) is 0.700. The van der Waals surface area contributed by atoms with Crippen molar-refractivity contribution in [3.8, 4) is 0 Å². The van der Waals surface area contributed by atoms with Gasteiger partial charge in [0.15, 0.2) is 0 Å². The number of carboxylic acids is 2. The summed E-state index contributed by atoms with van der Waals surface area (Å²) in [4.78, 5) is 34.1. The predicted molar refractivity (Wildman–Crippen MR) is 57.5 cm³/mol. The summed E-state index contributed by atoms with van der Waals surface area (Å²) in [6.45, 7) is 0.0477. The summed E-state index contributed by atoms with van der Waals surface area (Å²) in [5.41, 5.74) is 0. The Hall–Kier alpha value is -1.63. The lowest BCUT2D eigenvalue weighted by molar-refractivity contribution is -0.146. The normalized spacial score (nSPS) is 20.8. The second kappa shape index (κ2) is 6.19. The van der Waals surface area contributed by atoms with E-state index in [0.29, 0.717) is 13.0 Å². The zero-order valence-corrected chi connectivity index (χ0v) is 9.39. The molecule has 1 atom stereocenters. The maximum Gasteiger partial charge on any atom is 0.322 e. The minimum atomic E-state index is -1.12. The van der Waals surface area contributed by atoms with E-state index in [4.69, 9.17) is 10.2 Å². The number of hydrogen-bond donors (Lipinski definition) is 3. The number of carboxylic acid groups (broad SMARTS) is 2. The molecule has 1 aliphatic rings. The highest BCUT2D eigenvalue weighted by Gasteiger charge is 2.29. The Morgan fingerprint density at radius 3 is 2.53 bits per heavy atom. The van der Waals surface area contributed by atoms with E-state index >= 15 is 0 Å². The highest BCUT2D eigenvalue weighted by molar-refractivity contribution is 5.83. The van der Waals surface area contributed by atoms with Crippen molar-refractivity contribution in [3.05, 3.63) is 0 Å². The largest absolute Gasteiger partial charge is 0.480 e. The number of nitrogens with zero attached hydrogens (tertiary/aromatic N) is 1. The maximum atomic E-state index is 11.4. The van der Waals surface area contributed by atoms with Gasteiger partial charge in [-0.25, -0.2) is 0 Å². The number of carbonyl (C=O) groups excluding carboxylic acids is 1. The lowest BCUT2D eigenvalue weighted by Gasteiger charge is -2.32. The third kappa shape index (κ3) is 4.39. The fourth-order valence-corrected chi connectivity index (χ4v) is 1.87. The molecule has 1 aliphatic heterocycles. The van der Waals surface area contributed by atoms with E-state index < -0.39 is 30.4 Å². The lowest BCUT2D eigenvalue weighted by Crippen LogP contribution is -2.49. The van der Waals surface area contributed by atoms with Crippen molar-refractivity contribution in [1.29, 1.82) is 0 Å². The predicted octanol–water partition coefficient (Wildman–Crippen LogP) is -0.874. The van der Waals surface area contributed by atoms with E-state index in [-0.39, 0.29) is 6.54 Å². The third-order valence-corrected chi connectivity index (χ3v) is 2.68. The maximum absolute atomic E-state index is 11.4. The molecule has 7 nitrogen and oxygen atoms in total. The molecular formula is C10H16N2O5. The molecule has 17 heavy (non-hydrogen) atoms. The summed E-state index contributed by atoms with van der Waals surface area (Å²) in [5.74, 6) is -2.51. The van der Waals surface area contributed by atoms with Gasteiger partial charge in [-0.3, -0.25) is 19.3 Å². The van der Waals surface area contributed by atoms with Gasteiger partial charge in [0.05, 0.1) is 6.54 Å². The number of rotatable bonds is 5. The number of aliphatic carboxylic acids is 2. The van der Waals surface area contributed by atoms with Crippen LogP contribution in [0.5, 0.6) is 0 Å². The zero-order valence-electron chi connectivity index (χ0n) is 9.39. The molecule has 7 heteroatoms. The van der Waals surface area contributed by atoms with Crippen molar-refractivity contribution in [2.45, 2.75) is 25.3 Å². The number of nitrogens with one attached hydrogen (secondary N) is 1. The van der Waals surface area contributed by atoms with E-state index in [1.165, 1.54) is 0 Å². The summed E-state index contributed by atoms with van der Waals surface area (Å²) >= 11 is 0. The molecule has 0 aromatic carbocycles. The van der Waals surface area contributed by atoms with Crippen LogP contribution in [-0.4, -0.2) is 58.6 Å². The minimum absolute atomic E-state index is 0.0652. The van der Waals surface area contributed by atoms with Gasteiger partial charge in [-0.1, -0.05) is 6.42 Å². The SMILES string of the molecule is O=C(O)CNC(=O)CN1CCCCC1C(=O)O. The first-order valence-electron chi connectivity index (χ1n) is 5.46. The Labute approximate surface area is 98.4 Å². The smallest absolute Gasteiger partial charge is 0.322 e. The Morgan fingerprint density at radius 2 is 1.94 bits per heavy atom. The van der Waals surface area contributed by atoms with E-state index in [1.54, 1.807) is 4.90 Å². The van der Waals surface area contributed by atoms with Gasteiger partial charge in [0.1, 0.15) is 12.6 Å². The van der Waals surface area contributed by atoms with Crippen molar-refractivity contribution in [2.75, 3.05) is 19.6 Å². The fourth-order valence-electron chi connectivity index (χ4n) is 1.87. The number of piperidine rings is 1. The number of hydrogen-bond acceptors (Lipinski definition) is 4. The molecule has 0 saturated carbocycles. The number of likely N-dealkylation sites (tertiary alicyclic amines) is 1. The van der Waals surface area contributed by atoms with Gasteiger partial charge in [0.2, 0.25) is 5.91 Å². The zero-order chi connectivity index (χ0) is 12.8. The summed E-state index contributed by atoms with van der Waals surface area (Å²) < 4.78 is 0. The standard InChI is InChI=1S/C10H16N2O5/c13-8(11-5-9(14)15)6-12-4-2-1-3-7(12)10(16)17/h7H,1-6H2,(H,11,13)(H,14,15)(H,16,17). The van der Waals surface area contributed by atoms with Gasteiger partial charge in [-0.05, 0) is 19.4 Å². The molecule has 0 aromatic heterocycles. The van der Waals surface area contributed by atoms with Crippen LogP contribution in [0.25, 0.3) is 0 Å². The number of amides is 1. The van der Waals surface area contributed by atoms with Crippen LogP contribution in [0.1, 0.15) is 19.3 Å². The van der Waals surface area contributed by atoms with Crippen molar-refractivity contribution < 1.29 is 24.6 Å². The molecule has 1 amide bonds. The summed E-state index contributed by atoms with van der Waals surface area (Å²) in [6.07, 6.45) is 2.22. The molecule has 1 unspecified atom stereocenters. The first kappa shape index (κ1) is 13.4. The van der Waals surface area contributed by atoms with E-state index in [0.717, 1.165) is 12.8 Å². The van der Waals surface area contributed by atoms with Gasteiger partial charge < -0.3 is 15.5 Å². The topological polar surface area (TPSA) is 107 Å². The van der Waals surface area contributed by atoms with Crippen LogP contribution in [0.3, 0.4) is 0 Å². The second-order valence-corrected chi connectivity index (χ2v) is 3.99. The van der Waals surface area contributed by atoms with Crippen LogP contribution < -0.4 is 5.32 Å². The molecule has 3 N–H and O–H groups in total. The van der Waals surface area contributed by atoms with E-state index in [1.807, 2.05) is 0 Å². The van der Waals surface area contributed by atoms with Crippen molar-refractivity contribution >= 4 is 17.8 Å². The Balaban J connectivity index is 2.44. The Bertz CT molecular complexity index is 318. The minimum Gasteiger partial charge on any atom is -0.480 e. The van der Waals surface area contributed by atoms with Crippen LogP contribution in [-0.2, 0) is 14.4 Å². The van der Waals surface area contributed by atoms with Gasteiger partial charge in [-0.2, -0.15) is 0 Å². The van der Waals surface area contributed by atoms with Crippen LogP contribution in [0.4, 0.5) is 0 Å². The first-order valence-corrected chi connectivity index (χ1v) is 5.46. The van der Waals surface area contributed by atoms with Crippen LogP contribution in [0.15, 0.2) is 0 Å². The Kier molecular flexibility index (Phi) is 4.89. The van der Waals surface area contributed by atoms with Crippen molar-refractivity contribution in [1.82, 2.24) is 10.2 Å². The molecule has 0 aliphatic carbocycles. The molecule has 96 valence electrons. The molecule has 1 saturated heterocycles. The van der Waals surface area contributed by atoms with Crippen LogP contribution >= 0.6 is 0 Å². The Morgan fingerprint density at radius 1 is 1.24 bits per heavy atom. The average molecular weight is 244 g/mol. The molecule has 0 bridgehead atoms. The first-order chi connectivity index (χ1) is 8.00. The lowest BCUT2D eigenvalue weighted by atomic mass is 10.0. The van der Waals surface area contributed by atoms with Gasteiger partial charge in [0, 0.05) is 0 Å². The van der Waals surface area contributed by atoms with Gasteiger partial charge in [-0.15, -0.1) is 0 Å². The molecule has 0 spiro atoms. The van der Waals surface area contributed by atoms with E-state index in [9.17, 15) is 14.4 Å². The quantitative estimate of drug-likeness (QED) is 0.580. The van der Waals surface area contributed by atoms with Crippen molar-refractivity contribution in [3.63, 3.8) is 0 Å². The molecule has 1 fully saturated rings. The van der Waals surface area contributed by atoms with E-state index in [2.05, 4.69) is 5.32 Å². The van der Waals surface area contributed by atoms with Gasteiger partial charge in [0.25, 0.3) is 0 Å². The highest BCUT2D eigenvalue weighted by Crippen LogP contribution is 2.16. The molecule has 1 heterocycles. The van der Waals surface area contributed by atoms with Gasteiger partial charge >= 0.3 is 11.9 Å². The van der Waals surface area contributed by atoms with Crippen LogP contribution in [0, 0.1) is 0 Å².